The Labute approximate surface area is 196 Å². The van der Waals surface area contributed by atoms with Gasteiger partial charge in [-0.2, -0.15) is 9.61 Å². The zero-order valence-electron chi connectivity index (χ0n) is 19.4. The number of nitrogens with one attached hydrogen (secondary N) is 2. The van der Waals surface area contributed by atoms with Crippen molar-refractivity contribution in [1.82, 2.24) is 19.5 Å². The molecule has 11 heteroatoms. The summed E-state index contributed by atoms with van der Waals surface area (Å²) in [5.74, 6) is 0.952. The predicted molar refractivity (Wildman–Crippen MR) is 125 cm³/mol. The van der Waals surface area contributed by atoms with Crippen molar-refractivity contribution < 1.29 is 19.1 Å². The van der Waals surface area contributed by atoms with Crippen molar-refractivity contribution in [2.24, 2.45) is 0 Å². The van der Waals surface area contributed by atoms with E-state index >= 15 is 0 Å². The van der Waals surface area contributed by atoms with Crippen LogP contribution in [-0.4, -0.2) is 62.0 Å². The van der Waals surface area contributed by atoms with Crippen molar-refractivity contribution in [3.05, 3.63) is 16.7 Å². The number of fused-ring (bicyclic) bond motifs is 1. The lowest BCUT2D eigenvalue weighted by Gasteiger charge is -2.28. The first-order valence-corrected chi connectivity index (χ1v) is 11.4. The molecule has 1 aliphatic rings. The van der Waals surface area contributed by atoms with Crippen LogP contribution in [-0.2, 0) is 9.47 Å². The van der Waals surface area contributed by atoms with E-state index in [0.29, 0.717) is 34.8 Å². The fraction of sp³-hybridized carbons (Fsp3) is 0.619. The minimum Gasteiger partial charge on any atom is -0.444 e. The number of amides is 2. The summed E-state index contributed by atoms with van der Waals surface area (Å²) >= 11 is 3.44. The number of halogens is 1. The number of hydrogen-bond donors (Lipinski definition) is 2. The molecule has 0 unspecified atom stereocenters. The highest BCUT2D eigenvalue weighted by Crippen LogP contribution is 2.25. The molecule has 2 aromatic heterocycles. The van der Waals surface area contributed by atoms with Crippen LogP contribution < -0.4 is 10.6 Å². The van der Waals surface area contributed by atoms with Gasteiger partial charge in [-0.3, -0.25) is 5.32 Å². The molecule has 0 bridgehead atoms. The molecule has 176 valence electrons. The van der Waals surface area contributed by atoms with Crippen LogP contribution in [0.3, 0.4) is 0 Å². The first kappa shape index (κ1) is 24.1. The molecule has 2 N–H and O–H groups in total. The SMILES string of the molecule is CC(C)(C)OC(=O)Nc1cc(NC[C@H]2CCCN2C(=O)OC(C)(C)C)nc2c(Br)cnn12. The second-order valence-corrected chi connectivity index (χ2v) is 10.6. The molecule has 0 aliphatic carbocycles. The summed E-state index contributed by atoms with van der Waals surface area (Å²) in [5, 5.41) is 10.3. The standard InChI is InChI=1S/C21H31BrN6O4/c1-20(2,3)31-18(29)26-16-10-15(25-17-14(22)12-24-28(16)17)23-11-13-8-7-9-27(13)19(30)32-21(4,5)6/h10,12-13H,7-9,11H2,1-6H3,(H,23,25)(H,26,29)/t13-/m1/s1. The number of ether oxygens (including phenoxy) is 2. The lowest BCUT2D eigenvalue weighted by atomic mass is 10.2. The van der Waals surface area contributed by atoms with Crippen LogP contribution in [0.5, 0.6) is 0 Å². The number of likely N-dealkylation sites (tertiary alicyclic amines) is 1. The summed E-state index contributed by atoms with van der Waals surface area (Å²) in [6.45, 7) is 12.1. The van der Waals surface area contributed by atoms with E-state index in [9.17, 15) is 9.59 Å². The fourth-order valence-corrected chi connectivity index (χ4v) is 3.70. The number of carbonyl (C=O) groups is 2. The third kappa shape index (κ3) is 6.24. The summed E-state index contributed by atoms with van der Waals surface area (Å²) in [4.78, 5) is 31.2. The maximum atomic E-state index is 12.5. The molecule has 1 atom stereocenters. The molecule has 2 aromatic rings. The molecular weight excluding hydrogens is 480 g/mol. The minimum absolute atomic E-state index is 0.0153. The summed E-state index contributed by atoms with van der Waals surface area (Å²) in [6.07, 6.45) is 2.49. The van der Waals surface area contributed by atoms with Crippen LogP contribution in [0.1, 0.15) is 54.4 Å². The Morgan fingerprint density at radius 2 is 1.88 bits per heavy atom. The van der Waals surface area contributed by atoms with E-state index in [1.165, 1.54) is 4.52 Å². The van der Waals surface area contributed by atoms with Gasteiger partial charge in [-0.1, -0.05) is 0 Å². The van der Waals surface area contributed by atoms with Gasteiger partial charge in [0, 0.05) is 19.2 Å². The topological polar surface area (TPSA) is 110 Å². The van der Waals surface area contributed by atoms with E-state index in [4.69, 9.17) is 9.47 Å². The van der Waals surface area contributed by atoms with E-state index in [0.717, 1.165) is 12.8 Å². The first-order chi connectivity index (χ1) is 14.8. The minimum atomic E-state index is -0.629. The highest BCUT2D eigenvalue weighted by atomic mass is 79.9. The normalized spacial score (nSPS) is 16.8. The number of rotatable bonds is 4. The molecule has 2 amide bonds. The number of aromatic nitrogens is 3. The number of hydrogen-bond acceptors (Lipinski definition) is 7. The Morgan fingerprint density at radius 3 is 2.53 bits per heavy atom. The fourth-order valence-electron chi connectivity index (χ4n) is 3.36. The molecule has 0 radical (unpaired) electrons. The van der Waals surface area contributed by atoms with Crippen molar-refractivity contribution >= 4 is 45.4 Å². The van der Waals surface area contributed by atoms with Gasteiger partial charge in [0.2, 0.25) is 0 Å². The largest absolute Gasteiger partial charge is 0.444 e. The summed E-state index contributed by atoms with van der Waals surface area (Å²) < 4.78 is 13.1. The van der Waals surface area contributed by atoms with E-state index < -0.39 is 17.3 Å². The molecule has 3 heterocycles. The van der Waals surface area contributed by atoms with Gasteiger partial charge in [0.05, 0.1) is 16.7 Å². The van der Waals surface area contributed by atoms with Gasteiger partial charge < -0.3 is 19.7 Å². The van der Waals surface area contributed by atoms with E-state index in [1.807, 2.05) is 20.8 Å². The van der Waals surface area contributed by atoms with E-state index in [2.05, 4.69) is 36.6 Å². The summed E-state index contributed by atoms with van der Waals surface area (Å²) in [6, 6.07) is 1.67. The Bertz CT molecular complexity index is 995. The number of carbonyl (C=O) groups excluding carboxylic acids is 2. The lowest BCUT2D eigenvalue weighted by Crippen LogP contribution is -2.42. The molecule has 0 spiro atoms. The monoisotopic (exact) mass is 510 g/mol. The molecule has 0 saturated carbocycles. The average molecular weight is 511 g/mol. The molecule has 10 nitrogen and oxygen atoms in total. The second kappa shape index (κ2) is 9.13. The zero-order valence-corrected chi connectivity index (χ0v) is 20.9. The van der Waals surface area contributed by atoms with Crippen molar-refractivity contribution in [1.29, 1.82) is 0 Å². The van der Waals surface area contributed by atoms with Gasteiger partial charge in [-0.25, -0.2) is 14.6 Å². The Kier molecular flexibility index (Phi) is 6.87. The third-order valence-corrected chi connectivity index (χ3v) is 5.14. The van der Waals surface area contributed by atoms with Gasteiger partial charge in [-0.05, 0) is 70.3 Å². The van der Waals surface area contributed by atoms with Gasteiger partial charge in [0.25, 0.3) is 0 Å². The van der Waals surface area contributed by atoms with Crippen LogP contribution in [0.15, 0.2) is 16.7 Å². The highest BCUT2D eigenvalue weighted by Gasteiger charge is 2.32. The van der Waals surface area contributed by atoms with Crippen molar-refractivity contribution in [2.75, 3.05) is 23.7 Å². The molecule has 1 fully saturated rings. The summed E-state index contributed by atoms with van der Waals surface area (Å²) in [7, 11) is 0. The maximum absolute atomic E-state index is 12.5. The predicted octanol–water partition coefficient (Wildman–Crippen LogP) is 4.65. The van der Waals surface area contributed by atoms with Gasteiger partial charge >= 0.3 is 12.2 Å². The molecule has 0 aromatic carbocycles. The Morgan fingerprint density at radius 1 is 1.19 bits per heavy atom. The Balaban J connectivity index is 1.75. The molecule has 1 saturated heterocycles. The molecular formula is C21H31BrN6O4. The van der Waals surface area contributed by atoms with Crippen LogP contribution in [0, 0.1) is 0 Å². The van der Waals surface area contributed by atoms with Crippen LogP contribution in [0.4, 0.5) is 21.2 Å². The van der Waals surface area contributed by atoms with Crippen LogP contribution >= 0.6 is 15.9 Å². The maximum Gasteiger partial charge on any atom is 0.413 e. The zero-order chi connectivity index (χ0) is 23.7. The van der Waals surface area contributed by atoms with E-state index in [-0.39, 0.29) is 12.1 Å². The third-order valence-electron chi connectivity index (χ3n) is 4.58. The summed E-state index contributed by atoms with van der Waals surface area (Å²) in [5.41, 5.74) is -0.632. The molecule has 1 aliphatic heterocycles. The van der Waals surface area contributed by atoms with E-state index in [1.54, 1.807) is 37.9 Å². The Hall–Kier alpha value is -2.56. The van der Waals surface area contributed by atoms with Gasteiger partial charge in [0.1, 0.15) is 22.8 Å². The smallest absolute Gasteiger partial charge is 0.413 e. The van der Waals surface area contributed by atoms with Gasteiger partial charge in [0.15, 0.2) is 5.65 Å². The van der Waals surface area contributed by atoms with Crippen molar-refractivity contribution in [3.8, 4) is 0 Å². The first-order valence-electron chi connectivity index (χ1n) is 10.6. The van der Waals surface area contributed by atoms with Crippen molar-refractivity contribution in [2.45, 2.75) is 71.6 Å². The van der Waals surface area contributed by atoms with Gasteiger partial charge in [-0.15, -0.1) is 0 Å². The highest BCUT2D eigenvalue weighted by molar-refractivity contribution is 9.10. The quantitative estimate of drug-likeness (QED) is 0.615. The average Bonchev–Trinajstić information content (AvgIpc) is 3.24. The lowest BCUT2D eigenvalue weighted by molar-refractivity contribution is 0.0234. The second-order valence-electron chi connectivity index (χ2n) is 9.73. The van der Waals surface area contributed by atoms with Crippen LogP contribution in [0.2, 0.25) is 0 Å². The number of nitrogens with zero attached hydrogens (tertiary/aromatic N) is 4. The van der Waals surface area contributed by atoms with Crippen molar-refractivity contribution in [3.63, 3.8) is 0 Å². The molecule has 32 heavy (non-hydrogen) atoms. The number of anilines is 2. The van der Waals surface area contributed by atoms with Crippen LogP contribution in [0.25, 0.3) is 5.65 Å². The molecule has 3 rings (SSSR count).